The van der Waals surface area contributed by atoms with E-state index >= 15 is 0 Å². The molecule has 1 aliphatic heterocycles. The Kier molecular flexibility index (Phi) is 7.10. The van der Waals surface area contributed by atoms with Gasteiger partial charge in [-0.3, -0.25) is 19.1 Å². The molecule has 0 spiro atoms. The highest BCUT2D eigenvalue weighted by atomic mass is 32.2. The molecule has 146 valence electrons. The molecule has 0 radical (unpaired) electrons. The number of hydrogen-bond acceptors (Lipinski definition) is 6. The first-order valence-electron chi connectivity index (χ1n) is 8.53. The van der Waals surface area contributed by atoms with Crippen LogP contribution in [0.2, 0.25) is 0 Å². The van der Waals surface area contributed by atoms with Crippen molar-refractivity contribution in [1.82, 2.24) is 10.4 Å². The summed E-state index contributed by atoms with van der Waals surface area (Å²) in [4.78, 5) is 15.8. The van der Waals surface area contributed by atoms with Crippen LogP contribution >= 0.6 is 0 Å². The molecule has 1 aromatic rings. The van der Waals surface area contributed by atoms with E-state index in [1.165, 1.54) is 12.1 Å². The molecule has 1 aliphatic rings. The van der Waals surface area contributed by atoms with Crippen molar-refractivity contribution >= 4 is 22.7 Å². The zero-order chi connectivity index (χ0) is 19.4. The van der Waals surface area contributed by atoms with Gasteiger partial charge in [0.1, 0.15) is 5.82 Å². The highest BCUT2D eigenvalue weighted by Crippen LogP contribution is 2.27. The maximum absolute atomic E-state index is 13.3. The molecule has 0 aromatic heterocycles. The molecule has 1 aromatic carbocycles. The molecule has 0 bridgehead atoms. The summed E-state index contributed by atoms with van der Waals surface area (Å²) in [6, 6.07) is 4.60. The minimum Gasteiger partial charge on any atom is -0.771 e. The van der Waals surface area contributed by atoms with E-state index in [9.17, 15) is 17.9 Å². The van der Waals surface area contributed by atoms with E-state index in [4.69, 9.17) is 5.21 Å². The van der Waals surface area contributed by atoms with Crippen LogP contribution in [0.3, 0.4) is 0 Å². The van der Waals surface area contributed by atoms with Crippen molar-refractivity contribution in [3.8, 4) is 0 Å². The number of anilines is 1. The molecule has 1 saturated heterocycles. The van der Waals surface area contributed by atoms with E-state index in [1.807, 2.05) is 6.92 Å². The van der Waals surface area contributed by atoms with Gasteiger partial charge in [0.2, 0.25) is 5.91 Å². The summed E-state index contributed by atoms with van der Waals surface area (Å²) in [7, 11) is 0. The second-order valence-electron chi connectivity index (χ2n) is 6.85. The van der Waals surface area contributed by atoms with Crippen LogP contribution < -0.4 is 10.4 Å². The maximum atomic E-state index is 13.3. The van der Waals surface area contributed by atoms with E-state index in [1.54, 1.807) is 30.3 Å². The third-order valence-electron chi connectivity index (χ3n) is 4.81. The monoisotopic (exact) mass is 386 g/mol. The van der Waals surface area contributed by atoms with Gasteiger partial charge in [-0.1, -0.05) is 13.8 Å². The van der Waals surface area contributed by atoms with Gasteiger partial charge in [0.15, 0.2) is 0 Å². The topological polar surface area (TPSA) is 95.9 Å². The zero-order valence-corrected chi connectivity index (χ0v) is 16.0. The lowest BCUT2D eigenvalue weighted by Crippen LogP contribution is -2.57. The molecule has 0 aliphatic carbocycles. The molecule has 3 unspecified atom stereocenters. The molecule has 0 saturated carbocycles. The fourth-order valence-corrected chi connectivity index (χ4v) is 4.63. The molecule has 3 atom stereocenters. The SMILES string of the molecule is Cc1cc(F)ccc1N1CCN(C(C(C(=O)NO)C(C)C)S(=O)[O-])CC1. The van der Waals surface area contributed by atoms with E-state index in [2.05, 4.69) is 4.90 Å². The summed E-state index contributed by atoms with van der Waals surface area (Å²) in [5, 5.41) is 7.95. The number of aryl methyl sites for hydroxylation is 1. The number of hydroxylamine groups is 1. The van der Waals surface area contributed by atoms with Crippen LogP contribution in [0, 0.1) is 24.6 Å². The highest BCUT2D eigenvalue weighted by Gasteiger charge is 2.37. The van der Waals surface area contributed by atoms with Gasteiger partial charge in [0, 0.05) is 31.9 Å². The minimum absolute atomic E-state index is 0.262. The Hall–Kier alpha value is -1.55. The Morgan fingerprint density at radius 3 is 2.38 bits per heavy atom. The second kappa shape index (κ2) is 8.90. The van der Waals surface area contributed by atoms with Crippen molar-refractivity contribution in [1.29, 1.82) is 0 Å². The first kappa shape index (κ1) is 20.8. The van der Waals surface area contributed by atoms with E-state index in [0.717, 1.165) is 11.3 Å². The molecule has 2 rings (SSSR count). The van der Waals surface area contributed by atoms with Gasteiger partial charge < -0.3 is 9.45 Å². The molecular formula is C17H25FN3O4S-. The number of benzene rings is 1. The van der Waals surface area contributed by atoms with Crippen molar-refractivity contribution in [3.05, 3.63) is 29.6 Å². The molecule has 1 fully saturated rings. The number of hydrogen-bond donors (Lipinski definition) is 2. The minimum atomic E-state index is -2.50. The Bertz CT molecular complexity index is 665. The summed E-state index contributed by atoms with van der Waals surface area (Å²) in [5.41, 5.74) is 3.32. The van der Waals surface area contributed by atoms with Crippen molar-refractivity contribution in [2.75, 3.05) is 31.1 Å². The van der Waals surface area contributed by atoms with Crippen molar-refractivity contribution in [2.45, 2.75) is 26.1 Å². The van der Waals surface area contributed by atoms with E-state index in [-0.39, 0.29) is 11.7 Å². The first-order valence-corrected chi connectivity index (χ1v) is 9.67. The summed E-state index contributed by atoms with van der Waals surface area (Å²) in [6.07, 6.45) is 0. The number of nitrogens with zero attached hydrogens (tertiary/aromatic N) is 2. The average Bonchev–Trinajstić information content (AvgIpc) is 2.58. The molecule has 1 amide bonds. The number of halogens is 1. The lowest BCUT2D eigenvalue weighted by atomic mass is 9.93. The maximum Gasteiger partial charge on any atom is 0.249 e. The standard InChI is InChI=1S/C17H26FN3O4S/c1-11(2)15(16(22)19-23)17(26(24)25)21-8-6-20(7-9-21)14-5-4-13(18)10-12(14)3/h4-5,10-11,15,17,23H,6-9H2,1-3H3,(H,19,22)(H,24,25)/p-1. The van der Waals surface area contributed by atoms with E-state index in [0.29, 0.717) is 26.2 Å². The molecule has 1 heterocycles. The second-order valence-corrected chi connectivity index (χ2v) is 7.85. The van der Waals surface area contributed by atoms with Gasteiger partial charge in [0.25, 0.3) is 0 Å². The van der Waals surface area contributed by atoms with Gasteiger partial charge >= 0.3 is 0 Å². The lowest BCUT2D eigenvalue weighted by molar-refractivity contribution is -0.136. The fraction of sp³-hybridized carbons (Fsp3) is 0.588. The quantitative estimate of drug-likeness (QED) is 0.434. The summed E-state index contributed by atoms with van der Waals surface area (Å²) in [6.45, 7) is 7.34. The fourth-order valence-electron chi connectivity index (χ4n) is 3.50. The Morgan fingerprint density at radius 1 is 1.31 bits per heavy atom. The Morgan fingerprint density at radius 2 is 1.92 bits per heavy atom. The molecule has 9 heteroatoms. The number of amides is 1. The molecule has 26 heavy (non-hydrogen) atoms. The highest BCUT2D eigenvalue weighted by molar-refractivity contribution is 7.79. The number of piperazine rings is 1. The third kappa shape index (κ3) is 4.59. The largest absolute Gasteiger partial charge is 0.771 e. The van der Waals surface area contributed by atoms with Crippen LogP contribution in [0.4, 0.5) is 10.1 Å². The summed E-state index contributed by atoms with van der Waals surface area (Å²) >= 11 is -2.50. The van der Waals surface area contributed by atoms with Crippen molar-refractivity contribution in [2.24, 2.45) is 11.8 Å². The smallest absolute Gasteiger partial charge is 0.249 e. The Balaban J connectivity index is 2.14. The van der Waals surface area contributed by atoms with Crippen LogP contribution in [0.1, 0.15) is 19.4 Å². The predicted molar refractivity (Wildman–Crippen MR) is 95.9 cm³/mol. The van der Waals surface area contributed by atoms with Crippen LogP contribution in [-0.2, 0) is 15.9 Å². The lowest BCUT2D eigenvalue weighted by Gasteiger charge is -2.44. The van der Waals surface area contributed by atoms with Crippen LogP contribution in [0.5, 0.6) is 0 Å². The Labute approximate surface area is 155 Å². The first-order chi connectivity index (χ1) is 12.3. The van der Waals surface area contributed by atoms with Crippen LogP contribution in [-0.4, -0.2) is 56.3 Å². The summed E-state index contributed by atoms with van der Waals surface area (Å²) < 4.78 is 37.0. The van der Waals surface area contributed by atoms with E-state index < -0.39 is 28.3 Å². The average molecular weight is 386 g/mol. The number of carbonyl (C=O) groups is 1. The molecule has 2 N–H and O–H groups in total. The summed E-state index contributed by atoms with van der Waals surface area (Å²) in [5.74, 6) is -2.13. The van der Waals surface area contributed by atoms with Crippen LogP contribution in [0.15, 0.2) is 18.2 Å². The zero-order valence-electron chi connectivity index (χ0n) is 15.1. The normalized spacial score (nSPS) is 19.3. The number of rotatable bonds is 6. The third-order valence-corrected chi connectivity index (χ3v) is 5.79. The molecule has 7 nitrogen and oxygen atoms in total. The van der Waals surface area contributed by atoms with Crippen molar-refractivity contribution < 1.29 is 23.2 Å². The van der Waals surface area contributed by atoms with Crippen LogP contribution in [0.25, 0.3) is 0 Å². The number of carbonyl (C=O) groups excluding carboxylic acids is 1. The van der Waals surface area contributed by atoms with Gasteiger partial charge in [-0.15, -0.1) is 0 Å². The molecular weight excluding hydrogens is 361 g/mol. The predicted octanol–water partition coefficient (Wildman–Crippen LogP) is 1.24. The van der Waals surface area contributed by atoms with Gasteiger partial charge in [-0.05, 0) is 47.7 Å². The number of nitrogens with one attached hydrogen (secondary N) is 1. The van der Waals surface area contributed by atoms with Gasteiger partial charge in [0.05, 0.1) is 11.3 Å². The van der Waals surface area contributed by atoms with Gasteiger partial charge in [-0.25, -0.2) is 9.87 Å². The van der Waals surface area contributed by atoms with Crippen molar-refractivity contribution in [3.63, 3.8) is 0 Å². The van der Waals surface area contributed by atoms with Gasteiger partial charge in [-0.2, -0.15) is 0 Å².